The van der Waals surface area contributed by atoms with E-state index >= 15 is 0 Å². The number of nitrogens with one attached hydrogen (secondary N) is 1. The van der Waals surface area contributed by atoms with Gasteiger partial charge in [0.05, 0.1) is 10.6 Å². The van der Waals surface area contributed by atoms with E-state index in [1.807, 2.05) is 6.92 Å². The van der Waals surface area contributed by atoms with Crippen LogP contribution >= 0.6 is 27.5 Å². The first kappa shape index (κ1) is 13.5. The predicted molar refractivity (Wildman–Crippen MR) is 67.8 cm³/mol. The van der Waals surface area contributed by atoms with Gasteiger partial charge in [-0.1, -0.05) is 17.7 Å². The van der Waals surface area contributed by atoms with Crippen molar-refractivity contribution in [3.8, 4) is 0 Å². The molecule has 1 rings (SSSR count). The largest absolute Gasteiger partial charge is 0.396 e. The van der Waals surface area contributed by atoms with Crippen LogP contribution in [-0.2, 0) is 0 Å². The lowest BCUT2D eigenvalue weighted by molar-refractivity contribution is 0.0934. The molecule has 0 bridgehead atoms. The molecular weight excluding hydrogens is 293 g/mol. The third-order valence-electron chi connectivity index (χ3n) is 2.14. The smallest absolute Gasteiger partial charge is 0.253 e. The summed E-state index contributed by atoms with van der Waals surface area (Å²) in [6, 6.07) is 5.11. The first-order chi connectivity index (χ1) is 7.56. The van der Waals surface area contributed by atoms with E-state index in [2.05, 4.69) is 21.2 Å². The highest BCUT2D eigenvalue weighted by Crippen LogP contribution is 2.25. The third kappa shape index (κ3) is 3.47. The number of carbonyl (C=O) groups is 1. The standard InChI is InChI=1S/C11H13BrClNO2/c1-7(5-6-15)14-11(16)8-3-2-4-9(12)10(8)13/h2-4,7,15H,5-6H2,1H3,(H,14,16). The topological polar surface area (TPSA) is 49.3 Å². The van der Waals surface area contributed by atoms with Crippen LogP contribution in [0.25, 0.3) is 0 Å². The minimum absolute atomic E-state index is 0.0493. The van der Waals surface area contributed by atoms with Gasteiger partial charge in [-0.15, -0.1) is 0 Å². The van der Waals surface area contributed by atoms with Crippen LogP contribution < -0.4 is 5.32 Å². The van der Waals surface area contributed by atoms with E-state index < -0.39 is 0 Å². The number of carbonyl (C=O) groups excluding carboxylic acids is 1. The molecule has 0 radical (unpaired) electrons. The van der Waals surface area contributed by atoms with Gasteiger partial charge in [0.25, 0.3) is 5.91 Å². The van der Waals surface area contributed by atoms with Crippen molar-refractivity contribution in [3.63, 3.8) is 0 Å². The molecule has 0 aromatic heterocycles. The second-order valence-corrected chi connectivity index (χ2v) is 4.72. The van der Waals surface area contributed by atoms with Crippen molar-refractivity contribution in [1.82, 2.24) is 5.32 Å². The summed E-state index contributed by atoms with van der Waals surface area (Å²) in [6.07, 6.45) is 0.525. The zero-order chi connectivity index (χ0) is 12.1. The number of aliphatic hydroxyl groups excluding tert-OH is 1. The summed E-state index contributed by atoms with van der Waals surface area (Å²) in [4.78, 5) is 11.8. The monoisotopic (exact) mass is 305 g/mol. The minimum atomic E-state index is -0.229. The summed E-state index contributed by atoms with van der Waals surface area (Å²) in [5, 5.41) is 11.9. The zero-order valence-electron chi connectivity index (χ0n) is 8.84. The van der Waals surface area contributed by atoms with Gasteiger partial charge in [0.1, 0.15) is 0 Å². The number of halogens is 2. The first-order valence-corrected chi connectivity index (χ1v) is 6.09. The van der Waals surface area contributed by atoms with Crippen molar-refractivity contribution >= 4 is 33.4 Å². The molecular formula is C11H13BrClNO2. The van der Waals surface area contributed by atoms with Gasteiger partial charge in [0, 0.05) is 17.1 Å². The van der Waals surface area contributed by atoms with Crippen molar-refractivity contribution in [1.29, 1.82) is 0 Å². The van der Waals surface area contributed by atoms with Crippen molar-refractivity contribution < 1.29 is 9.90 Å². The molecule has 0 aliphatic heterocycles. The number of hydrogen-bond acceptors (Lipinski definition) is 2. The van der Waals surface area contributed by atoms with E-state index in [9.17, 15) is 4.79 Å². The van der Waals surface area contributed by atoms with Crippen LogP contribution in [-0.4, -0.2) is 23.7 Å². The summed E-state index contributed by atoms with van der Waals surface area (Å²) in [5.74, 6) is -0.229. The molecule has 0 fully saturated rings. The molecule has 3 nitrogen and oxygen atoms in total. The molecule has 0 aliphatic rings. The summed E-state index contributed by atoms with van der Waals surface area (Å²) in [5.41, 5.74) is 0.431. The summed E-state index contributed by atoms with van der Waals surface area (Å²) < 4.78 is 0.691. The van der Waals surface area contributed by atoms with Crippen LogP contribution in [0.2, 0.25) is 5.02 Å². The van der Waals surface area contributed by atoms with Crippen LogP contribution in [0.1, 0.15) is 23.7 Å². The van der Waals surface area contributed by atoms with Gasteiger partial charge < -0.3 is 10.4 Å². The lowest BCUT2D eigenvalue weighted by Gasteiger charge is -2.13. The fourth-order valence-electron chi connectivity index (χ4n) is 1.25. The SMILES string of the molecule is CC(CCO)NC(=O)c1cccc(Br)c1Cl. The fraction of sp³-hybridized carbons (Fsp3) is 0.364. The fourth-order valence-corrected chi connectivity index (χ4v) is 1.82. The Labute approximate surface area is 108 Å². The third-order valence-corrected chi connectivity index (χ3v) is 3.43. The quantitative estimate of drug-likeness (QED) is 0.898. The van der Waals surface area contributed by atoms with Crippen LogP contribution in [0, 0.1) is 0 Å². The molecule has 88 valence electrons. The van der Waals surface area contributed by atoms with Crippen molar-refractivity contribution in [2.75, 3.05) is 6.61 Å². The van der Waals surface area contributed by atoms with Gasteiger partial charge in [-0.3, -0.25) is 4.79 Å². The Balaban J connectivity index is 2.77. The number of amides is 1. The Morgan fingerprint density at radius 2 is 2.31 bits per heavy atom. The van der Waals surface area contributed by atoms with Crippen molar-refractivity contribution in [3.05, 3.63) is 33.3 Å². The average Bonchev–Trinajstić information content (AvgIpc) is 2.22. The number of benzene rings is 1. The molecule has 1 unspecified atom stereocenters. The maximum atomic E-state index is 11.8. The lowest BCUT2D eigenvalue weighted by atomic mass is 10.2. The highest BCUT2D eigenvalue weighted by molar-refractivity contribution is 9.10. The molecule has 1 aromatic carbocycles. The summed E-state index contributed by atoms with van der Waals surface area (Å²) in [7, 11) is 0. The molecule has 1 atom stereocenters. The summed E-state index contributed by atoms with van der Waals surface area (Å²) >= 11 is 9.25. The highest BCUT2D eigenvalue weighted by atomic mass is 79.9. The van der Waals surface area contributed by atoms with Crippen LogP contribution in [0.5, 0.6) is 0 Å². The Hall–Kier alpha value is -0.580. The van der Waals surface area contributed by atoms with Gasteiger partial charge in [0.15, 0.2) is 0 Å². The minimum Gasteiger partial charge on any atom is -0.396 e. The van der Waals surface area contributed by atoms with Gasteiger partial charge in [-0.05, 0) is 41.4 Å². The number of aliphatic hydroxyl groups is 1. The lowest BCUT2D eigenvalue weighted by Crippen LogP contribution is -2.33. The van der Waals surface area contributed by atoms with Crippen LogP contribution in [0.3, 0.4) is 0 Å². The molecule has 0 spiro atoms. The average molecular weight is 307 g/mol. The molecule has 1 aromatic rings. The van der Waals surface area contributed by atoms with E-state index in [1.165, 1.54) is 0 Å². The highest BCUT2D eigenvalue weighted by Gasteiger charge is 2.14. The van der Waals surface area contributed by atoms with Crippen LogP contribution in [0.4, 0.5) is 0 Å². The Morgan fingerprint density at radius 3 is 2.94 bits per heavy atom. The van der Waals surface area contributed by atoms with Gasteiger partial charge in [-0.25, -0.2) is 0 Å². The normalized spacial score (nSPS) is 12.2. The second kappa shape index (κ2) is 6.23. The molecule has 5 heteroatoms. The van der Waals surface area contributed by atoms with E-state index in [-0.39, 0.29) is 18.6 Å². The molecule has 0 heterocycles. The number of rotatable bonds is 4. The summed E-state index contributed by atoms with van der Waals surface area (Å²) in [6.45, 7) is 1.88. The van der Waals surface area contributed by atoms with Crippen LogP contribution in [0.15, 0.2) is 22.7 Å². The Kier molecular flexibility index (Phi) is 5.25. The molecule has 16 heavy (non-hydrogen) atoms. The van der Waals surface area contributed by atoms with Gasteiger partial charge in [-0.2, -0.15) is 0 Å². The van der Waals surface area contributed by atoms with E-state index in [1.54, 1.807) is 18.2 Å². The second-order valence-electron chi connectivity index (χ2n) is 3.49. The van der Waals surface area contributed by atoms with E-state index in [0.717, 1.165) is 0 Å². The first-order valence-electron chi connectivity index (χ1n) is 4.92. The van der Waals surface area contributed by atoms with Crippen molar-refractivity contribution in [2.45, 2.75) is 19.4 Å². The maximum Gasteiger partial charge on any atom is 0.253 e. The zero-order valence-corrected chi connectivity index (χ0v) is 11.2. The van der Waals surface area contributed by atoms with Gasteiger partial charge >= 0.3 is 0 Å². The predicted octanol–water partition coefficient (Wildman–Crippen LogP) is 2.60. The maximum absolute atomic E-state index is 11.8. The number of hydrogen-bond donors (Lipinski definition) is 2. The Bertz CT molecular complexity index is 384. The Morgan fingerprint density at radius 1 is 1.62 bits per heavy atom. The molecule has 1 amide bonds. The molecule has 0 saturated heterocycles. The van der Waals surface area contributed by atoms with Crippen molar-refractivity contribution in [2.24, 2.45) is 0 Å². The van der Waals surface area contributed by atoms with E-state index in [0.29, 0.717) is 21.5 Å². The molecule has 0 saturated carbocycles. The van der Waals surface area contributed by atoms with Gasteiger partial charge in [0.2, 0.25) is 0 Å². The molecule has 0 aliphatic carbocycles. The van der Waals surface area contributed by atoms with E-state index in [4.69, 9.17) is 16.7 Å². The molecule has 2 N–H and O–H groups in total.